The van der Waals surface area contributed by atoms with Gasteiger partial charge in [0.15, 0.2) is 0 Å². The molecule has 1 saturated heterocycles. The zero-order valence-electron chi connectivity index (χ0n) is 9.68. The van der Waals surface area contributed by atoms with Crippen LogP contribution in [0.15, 0.2) is 11.8 Å². The molecule has 0 amide bonds. The summed E-state index contributed by atoms with van der Waals surface area (Å²) in [4.78, 5) is 2.59. The van der Waals surface area contributed by atoms with Gasteiger partial charge in [-0.15, -0.1) is 0 Å². The Bertz CT molecular complexity index is 169. The van der Waals surface area contributed by atoms with Crippen molar-refractivity contribution in [2.45, 2.75) is 39.0 Å². The Kier molecular flexibility index (Phi) is 5.69. The van der Waals surface area contributed by atoms with Crippen molar-refractivity contribution in [1.29, 1.82) is 0 Å². The van der Waals surface area contributed by atoms with Gasteiger partial charge >= 0.3 is 0 Å². The summed E-state index contributed by atoms with van der Waals surface area (Å²) in [5.41, 5.74) is 1.40. The summed E-state index contributed by atoms with van der Waals surface area (Å²) in [6.07, 6.45) is 8.84. The highest BCUT2D eigenvalue weighted by molar-refractivity contribution is 4.98. The first-order chi connectivity index (χ1) is 6.86. The fourth-order valence-corrected chi connectivity index (χ4v) is 2.04. The van der Waals surface area contributed by atoms with E-state index in [0.717, 1.165) is 6.42 Å². The van der Waals surface area contributed by atoms with Crippen LogP contribution in [0.3, 0.4) is 0 Å². The molecule has 0 aromatic carbocycles. The Balaban J connectivity index is 2.20. The zero-order valence-corrected chi connectivity index (χ0v) is 9.68. The molecule has 1 N–H and O–H groups in total. The Hall–Kier alpha value is -0.500. The molecular formula is C12H24N2. The first kappa shape index (κ1) is 11.6. The maximum atomic E-state index is 3.28. The van der Waals surface area contributed by atoms with Crippen LogP contribution >= 0.6 is 0 Å². The summed E-state index contributed by atoms with van der Waals surface area (Å²) in [7, 11) is 2.03. The Labute approximate surface area is 88.4 Å². The molecule has 0 radical (unpaired) electrons. The minimum atomic E-state index is 1.14. The van der Waals surface area contributed by atoms with E-state index in [9.17, 15) is 0 Å². The Morgan fingerprint density at radius 1 is 1.29 bits per heavy atom. The molecule has 0 atom stereocenters. The molecule has 1 aliphatic heterocycles. The van der Waals surface area contributed by atoms with Gasteiger partial charge in [-0.05, 0) is 38.8 Å². The summed E-state index contributed by atoms with van der Waals surface area (Å²) >= 11 is 0. The lowest BCUT2D eigenvalue weighted by atomic mass is 10.1. The van der Waals surface area contributed by atoms with E-state index in [2.05, 4.69) is 23.2 Å². The quantitative estimate of drug-likeness (QED) is 0.726. The van der Waals surface area contributed by atoms with E-state index in [0.29, 0.717) is 0 Å². The highest BCUT2D eigenvalue weighted by Gasteiger charge is 2.09. The molecule has 0 aliphatic carbocycles. The standard InChI is InChI=1S/C12H24N2/c1-3-7-12(13-2)8-11-14-9-5-4-6-10-14/h7,13H,3-6,8-11H2,1-2H3/b12-7-. The average Bonchev–Trinajstić information content (AvgIpc) is 2.25. The number of hydrogen-bond acceptors (Lipinski definition) is 2. The molecular weight excluding hydrogens is 172 g/mol. The van der Waals surface area contributed by atoms with Gasteiger partial charge in [-0.1, -0.05) is 19.4 Å². The molecule has 0 saturated carbocycles. The van der Waals surface area contributed by atoms with E-state index >= 15 is 0 Å². The van der Waals surface area contributed by atoms with Crippen LogP contribution in [-0.2, 0) is 0 Å². The van der Waals surface area contributed by atoms with Gasteiger partial charge in [0.05, 0.1) is 0 Å². The van der Waals surface area contributed by atoms with Gasteiger partial charge in [0.25, 0.3) is 0 Å². The van der Waals surface area contributed by atoms with Crippen LogP contribution in [0, 0.1) is 0 Å². The minimum Gasteiger partial charge on any atom is -0.392 e. The Morgan fingerprint density at radius 2 is 2.00 bits per heavy atom. The monoisotopic (exact) mass is 196 g/mol. The van der Waals surface area contributed by atoms with Gasteiger partial charge in [0, 0.05) is 19.3 Å². The molecule has 0 spiro atoms. The molecule has 0 aromatic heterocycles. The van der Waals surface area contributed by atoms with E-state index < -0.39 is 0 Å². The van der Waals surface area contributed by atoms with Crippen molar-refractivity contribution >= 4 is 0 Å². The van der Waals surface area contributed by atoms with E-state index in [4.69, 9.17) is 0 Å². The number of likely N-dealkylation sites (tertiary alicyclic amines) is 1. The second kappa shape index (κ2) is 6.88. The second-order valence-corrected chi connectivity index (χ2v) is 4.04. The lowest BCUT2D eigenvalue weighted by Gasteiger charge is -2.26. The van der Waals surface area contributed by atoms with Gasteiger partial charge in [-0.25, -0.2) is 0 Å². The van der Waals surface area contributed by atoms with Crippen molar-refractivity contribution in [3.8, 4) is 0 Å². The van der Waals surface area contributed by atoms with Crippen molar-refractivity contribution < 1.29 is 0 Å². The summed E-state index contributed by atoms with van der Waals surface area (Å²) in [6, 6.07) is 0. The van der Waals surface area contributed by atoms with Crippen molar-refractivity contribution in [3.05, 3.63) is 11.8 Å². The van der Waals surface area contributed by atoms with Crippen LogP contribution < -0.4 is 5.32 Å². The number of nitrogens with zero attached hydrogens (tertiary/aromatic N) is 1. The zero-order chi connectivity index (χ0) is 10.2. The van der Waals surface area contributed by atoms with E-state index in [-0.39, 0.29) is 0 Å². The van der Waals surface area contributed by atoms with Crippen molar-refractivity contribution in [1.82, 2.24) is 10.2 Å². The topological polar surface area (TPSA) is 15.3 Å². The SMILES string of the molecule is CC/C=C(/CCN1CCCCC1)NC. The fraction of sp³-hybridized carbons (Fsp3) is 0.833. The third-order valence-electron chi connectivity index (χ3n) is 2.92. The number of rotatable bonds is 5. The van der Waals surface area contributed by atoms with E-state index in [1.165, 1.54) is 51.0 Å². The first-order valence-electron chi connectivity index (χ1n) is 5.96. The summed E-state index contributed by atoms with van der Waals surface area (Å²) in [5, 5.41) is 3.28. The molecule has 2 nitrogen and oxygen atoms in total. The van der Waals surface area contributed by atoms with E-state index in [1.54, 1.807) is 0 Å². The molecule has 2 heteroatoms. The van der Waals surface area contributed by atoms with Crippen LogP contribution in [0.1, 0.15) is 39.0 Å². The first-order valence-corrected chi connectivity index (χ1v) is 5.96. The predicted molar refractivity (Wildman–Crippen MR) is 62.3 cm³/mol. The van der Waals surface area contributed by atoms with Gasteiger partial charge in [0.1, 0.15) is 0 Å². The molecule has 82 valence electrons. The molecule has 1 rings (SSSR count). The largest absolute Gasteiger partial charge is 0.392 e. The predicted octanol–water partition coefficient (Wildman–Crippen LogP) is 2.38. The molecule has 1 heterocycles. The minimum absolute atomic E-state index is 1.14. The van der Waals surface area contributed by atoms with E-state index in [1.807, 2.05) is 7.05 Å². The summed E-state index contributed by atoms with van der Waals surface area (Å²) < 4.78 is 0. The molecule has 0 bridgehead atoms. The fourth-order valence-electron chi connectivity index (χ4n) is 2.04. The smallest absolute Gasteiger partial charge is 0.00762 e. The molecule has 0 unspecified atom stereocenters. The molecule has 0 aromatic rings. The number of allylic oxidation sites excluding steroid dienone is 1. The summed E-state index contributed by atoms with van der Waals surface area (Å²) in [6.45, 7) is 6.04. The average molecular weight is 196 g/mol. The summed E-state index contributed by atoms with van der Waals surface area (Å²) in [5.74, 6) is 0. The highest BCUT2D eigenvalue weighted by atomic mass is 15.1. The number of hydrogen-bond donors (Lipinski definition) is 1. The van der Waals surface area contributed by atoms with Crippen LogP contribution in [0.2, 0.25) is 0 Å². The maximum Gasteiger partial charge on any atom is 0.00762 e. The van der Waals surface area contributed by atoms with Crippen LogP contribution in [0.4, 0.5) is 0 Å². The number of piperidine rings is 1. The molecule has 14 heavy (non-hydrogen) atoms. The van der Waals surface area contributed by atoms with Gasteiger partial charge < -0.3 is 10.2 Å². The van der Waals surface area contributed by atoms with Gasteiger partial charge in [-0.3, -0.25) is 0 Å². The normalized spacial score (nSPS) is 19.7. The number of nitrogens with one attached hydrogen (secondary N) is 1. The maximum absolute atomic E-state index is 3.28. The molecule has 1 aliphatic rings. The van der Waals surface area contributed by atoms with Crippen molar-refractivity contribution in [3.63, 3.8) is 0 Å². The third-order valence-corrected chi connectivity index (χ3v) is 2.92. The van der Waals surface area contributed by atoms with Crippen LogP contribution in [-0.4, -0.2) is 31.6 Å². The van der Waals surface area contributed by atoms with Crippen LogP contribution in [0.25, 0.3) is 0 Å². The van der Waals surface area contributed by atoms with Crippen LogP contribution in [0.5, 0.6) is 0 Å². The van der Waals surface area contributed by atoms with Crippen molar-refractivity contribution in [2.75, 3.05) is 26.7 Å². The molecule has 1 fully saturated rings. The third kappa shape index (κ3) is 4.14. The highest BCUT2D eigenvalue weighted by Crippen LogP contribution is 2.10. The van der Waals surface area contributed by atoms with Gasteiger partial charge in [-0.2, -0.15) is 0 Å². The lowest BCUT2D eigenvalue weighted by molar-refractivity contribution is 0.230. The van der Waals surface area contributed by atoms with Gasteiger partial charge in [0.2, 0.25) is 0 Å². The van der Waals surface area contributed by atoms with Crippen molar-refractivity contribution in [2.24, 2.45) is 0 Å². The lowest BCUT2D eigenvalue weighted by Crippen LogP contribution is -2.31. The Morgan fingerprint density at radius 3 is 2.57 bits per heavy atom. The second-order valence-electron chi connectivity index (χ2n) is 4.04.